The lowest BCUT2D eigenvalue weighted by Crippen LogP contribution is -2.62. The average molecular weight is 348 g/mol. The Hall–Kier alpha value is -1.11. The zero-order valence-electron chi connectivity index (χ0n) is 14.9. The number of halogens is 3. The van der Waals surface area contributed by atoms with Crippen LogP contribution < -0.4 is 0 Å². The molecule has 24 heavy (non-hydrogen) atoms. The summed E-state index contributed by atoms with van der Waals surface area (Å²) in [6.45, 7) is 9.11. The van der Waals surface area contributed by atoms with Gasteiger partial charge < -0.3 is 5.11 Å². The molecule has 2 rings (SSSR count). The number of nitrogens with zero attached hydrogens (tertiary/aromatic N) is 2. The van der Waals surface area contributed by atoms with E-state index in [0.717, 1.165) is 12.8 Å². The SMILES string of the molecule is CCC(C)(C)[C@@H]1CCC2=NN(C(=O)C(C)C)[C@@](O)(C(F)(F)F)[C@@H]2C1. The van der Waals surface area contributed by atoms with Crippen LogP contribution in [0.3, 0.4) is 0 Å². The molecule has 138 valence electrons. The quantitative estimate of drug-likeness (QED) is 0.840. The Balaban J connectivity index is 2.42. The molecule has 0 aromatic carbocycles. The molecule has 1 N–H and O–H groups in total. The lowest BCUT2D eigenvalue weighted by Gasteiger charge is -2.43. The molecule has 7 heteroatoms. The van der Waals surface area contributed by atoms with E-state index < -0.39 is 29.6 Å². The molecule has 0 saturated heterocycles. The third kappa shape index (κ3) is 2.85. The van der Waals surface area contributed by atoms with Crippen molar-refractivity contribution < 1.29 is 23.1 Å². The van der Waals surface area contributed by atoms with Gasteiger partial charge in [-0.15, -0.1) is 0 Å². The number of hydrogen-bond acceptors (Lipinski definition) is 3. The van der Waals surface area contributed by atoms with Gasteiger partial charge in [0, 0.05) is 11.6 Å². The molecule has 2 aliphatic rings. The maximum Gasteiger partial charge on any atom is 0.439 e. The summed E-state index contributed by atoms with van der Waals surface area (Å²) in [7, 11) is 0. The fourth-order valence-corrected chi connectivity index (χ4v) is 3.68. The lowest BCUT2D eigenvalue weighted by atomic mass is 9.64. The lowest BCUT2D eigenvalue weighted by molar-refractivity contribution is -0.319. The third-order valence-corrected chi connectivity index (χ3v) is 5.84. The van der Waals surface area contributed by atoms with Crippen molar-refractivity contribution in [3.05, 3.63) is 0 Å². The molecule has 4 nitrogen and oxygen atoms in total. The standard InChI is InChI=1S/C17H27F3N2O2/c1-6-15(4,5)11-7-8-13-12(9-11)16(24,17(18,19)20)22(21-13)14(23)10(2)3/h10-12,24H,6-9H2,1-5H3/t11-,12-,16+/m1/s1. The summed E-state index contributed by atoms with van der Waals surface area (Å²) in [5.41, 5.74) is -3.05. The molecule has 0 bridgehead atoms. The van der Waals surface area contributed by atoms with Crippen LogP contribution in [0.2, 0.25) is 0 Å². The van der Waals surface area contributed by atoms with Gasteiger partial charge in [0.2, 0.25) is 5.91 Å². The first-order valence-electron chi connectivity index (χ1n) is 8.56. The van der Waals surface area contributed by atoms with Crippen LogP contribution in [0.15, 0.2) is 5.10 Å². The number of carbonyl (C=O) groups excluding carboxylic acids is 1. The van der Waals surface area contributed by atoms with E-state index in [1.807, 2.05) is 20.8 Å². The number of alkyl halides is 3. The minimum atomic E-state index is -4.95. The second-order valence-electron chi connectivity index (χ2n) is 7.99. The van der Waals surface area contributed by atoms with E-state index >= 15 is 0 Å². The van der Waals surface area contributed by atoms with E-state index in [2.05, 4.69) is 5.10 Å². The number of carbonyl (C=O) groups is 1. The molecule has 1 aliphatic carbocycles. The Morgan fingerprint density at radius 1 is 1.42 bits per heavy atom. The molecular weight excluding hydrogens is 321 g/mol. The first-order valence-corrected chi connectivity index (χ1v) is 8.56. The van der Waals surface area contributed by atoms with Crippen molar-refractivity contribution in [2.75, 3.05) is 0 Å². The van der Waals surface area contributed by atoms with Crippen LogP contribution in [0, 0.1) is 23.2 Å². The number of hydrazone groups is 1. The zero-order valence-corrected chi connectivity index (χ0v) is 14.9. The Labute approximate surface area is 141 Å². The van der Waals surface area contributed by atoms with Crippen molar-refractivity contribution in [3.63, 3.8) is 0 Å². The number of amides is 1. The van der Waals surface area contributed by atoms with Crippen molar-refractivity contribution >= 4 is 11.6 Å². The highest BCUT2D eigenvalue weighted by Gasteiger charge is 2.69. The summed E-state index contributed by atoms with van der Waals surface area (Å²) in [6.07, 6.45) is -2.80. The smallest absolute Gasteiger partial charge is 0.362 e. The van der Waals surface area contributed by atoms with Gasteiger partial charge in [-0.2, -0.15) is 23.3 Å². The summed E-state index contributed by atoms with van der Waals surface area (Å²) in [4.78, 5) is 12.2. The van der Waals surface area contributed by atoms with Crippen molar-refractivity contribution in [2.45, 2.75) is 72.2 Å². The molecule has 0 unspecified atom stereocenters. The number of fused-ring (bicyclic) bond motifs is 1. The van der Waals surface area contributed by atoms with Crippen molar-refractivity contribution in [1.29, 1.82) is 0 Å². The Morgan fingerprint density at radius 2 is 2.00 bits per heavy atom. The molecule has 0 aromatic rings. The van der Waals surface area contributed by atoms with Crippen molar-refractivity contribution in [1.82, 2.24) is 5.01 Å². The van der Waals surface area contributed by atoms with Gasteiger partial charge >= 0.3 is 6.18 Å². The second-order valence-corrected chi connectivity index (χ2v) is 7.99. The fourth-order valence-electron chi connectivity index (χ4n) is 3.68. The summed E-state index contributed by atoms with van der Waals surface area (Å²) in [5.74, 6) is -2.60. The molecule has 3 atom stereocenters. The van der Waals surface area contributed by atoms with Gasteiger partial charge in [0.05, 0.1) is 5.92 Å². The molecule has 1 aliphatic heterocycles. The molecule has 1 fully saturated rings. The average Bonchev–Trinajstić information content (AvgIpc) is 2.80. The summed E-state index contributed by atoms with van der Waals surface area (Å²) in [6, 6.07) is 0. The van der Waals surface area contributed by atoms with Crippen LogP contribution in [0.25, 0.3) is 0 Å². The zero-order chi connectivity index (χ0) is 18.5. The predicted molar refractivity (Wildman–Crippen MR) is 85.0 cm³/mol. The summed E-state index contributed by atoms with van der Waals surface area (Å²) >= 11 is 0. The van der Waals surface area contributed by atoms with Gasteiger partial charge in [-0.25, -0.2) is 0 Å². The van der Waals surface area contributed by atoms with E-state index in [0.29, 0.717) is 17.1 Å². The molecule has 1 amide bonds. The highest BCUT2D eigenvalue weighted by Crippen LogP contribution is 2.52. The van der Waals surface area contributed by atoms with Crippen molar-refractivity contribution in [3.8, 4) is 0 Å². The van der Waals surface area contributed by atoms with Crippen LogP contribution in [0.1, 0.15) is 60.3 Å². The van der Waals surface area contributed by atoms with Crippen LogP contribution in [-0.4, -0.2) is 33.6 Å². The predicted octanol–water partition coefficient (Wildman–Crippen LogP) is 3.94. The first kappa shape index (κ1) is 19.2. The third-order valence-electron chi connectivity index (χ3n) is 5.84. The van der Waals surface area contributed by atoms with Gasteiger partial charge in [0.25, 0.3) is 5.72 Å². The van der Waals surface area contributed by atoms with Gasteiger partial charge in [-0.3, -0.25) is 4.79 Å². The summed E-state index contributed by atoms with van der Waals surface area (Å²) < 4.78 is 41.3. The molecule has 0 aromatic heterocycles. The Kier molecular flexibility index (Phi) is 4.81. The first-order chi connectivity index (χ1) is 10.9. The summed E-state index contributed by atoms with van der Waals surface area (Å²) in [5, 5.41) is 14.9. The Morgan fingerprint density at radius 3 is 2.46 bits per heavy atom. The van der Waals surface area contributed by atoms with Gasteiger partial charge in [0.1, 0.15) is 0 Å². The maximum atomic E-state index is 13.8. The molecular formula is C17H27F3N2O2. The van der Waals surface area contributed by atoms with Crippen LogP contribution in [0.5, 0.6) is 0 Å². The highest BCUT2D eigenvalue weighted by atomic mass is 19.4. The van der Waals surface area contributed by atoms with E-state index in [9.17, 15) is 23.1 Å². The molecule has 0 spiro atoms. The number of hydrogen-bond donors (Lipinski definition) is 1. The molecule has 1 saturated carbocycles. The number of rotatable bonds is 3. The van der Waals surface area contributed by atoms with Gasteiger partial charge in [-0.1, -0.05) is 41.0 Å². The van der Waals surface area contributed by atoms with E-state index in [4.69, 9.17) is 0 Å². The van der Waals surface area contributed by atoms with Gasteiger partial charge in [-0.05, 0) is 30.6 Å². The largest absolute Gasteiger partial charge is 0.439 e. The van der Waals surface area contributed by atoms with E-state index in [-0.39, 0.29) is 17.8 Å². The fraction of sp³-hybridized carbons (Fsp3) is 0.882. The minimum absolute atomic E-state index is 0.0504. The highest BCUT2D eigenvalue weighted by molar-refractivity contribution is 5.93. The minimum Gasteiger partial charge on any atom is -0.362 e. The maximum absolute atomic E-state index is 13.8. The van der Waals surface area contributed by atoms with Crippen molar-refractivity contribution in [2.24, 2.45) is 28.3 Å². The monoisotopic (exact) mass is 348 g/mol. The van der Waals surface area contributed by atoms with E-state index in [1.54, 1.807) is 0 Å². The van der Waals surface area contributed by atoms with Crippen LogP contribution in [-0.2, 0) is 4.79 Å². The van der Waals surface area contributed by atoms with Crippen LogP contribution >= 0.6 is 0 Å². The normalized spacial score (nSPS) is 31.2. The van der Waals surface area contributed by atoms with Gasteiger partial charge in [0.15, 0.2) is 0 Å². The van der Waals surface area contributed by atoms with E-state index in [1.165, 1.54) is 13.8 Å². The second kappa shape index (κ2) is 6.00. The topological polar surface area (TPSA) is 52.9 Å². The van der Waals surface area contributed by atoms with Crippen LogP contribution in [0.4, 0.5) is 13.2 Å². The molecule has 0 radical (unpaired) electrons. The number of aliphatic hydroxyl groups is 1. The molecule has 1 heterocycles. The Bertz CT molecular complexity index is 542.